The first-order valence-corrected chi connectivity index (χ1v) is 7.43. The first-order valence-electron chi connectivity index (χ1n) is 6.80. The van der Waals surface area contributed by atoms with Crippen LogP contribution in [-0.2, 0) is 4.74 Å². The number of piperidine rings is 1. The fourth-order valence-electron chi connectivity index (χ4n) is 2.97. The molecule has 17 heavy (non-hydrogen) atoms. The highest BCUT2D eigenvalue weighted by atomic mass is 32.1. The van der Waals surface area contributed by atoms with Crippen LogP contribution in [-0.4, -0.2) is 55.2 Å². The lowest BCUT2D eigenvalue weighted by molar-refractivity contribution is 0.000423. The van der Waals surface area contributed by atoms with Crippen molar-refractivity contribution in [3.63, 3.8) is 0 Å². The van der Waals surface area contributed by atoms with Crippen LogP contribution in [0.15, 0.2) is 0 Å². The van der Waals surface area contributed by atoms with Crippen LogP contribution in [0.5, 0.6) is 0 Å². The van der Waals surface area contributed by atoms with Crippen molar-refractivity contribution in [2.75, 3.05) is 45.2 Å². The van der Waals surface area contributed by atoms with Crippen molar-refractivity contribution in [3.8, 4) is 0 Å². The van der Waals surface area contributed by atoms with Gasteiger partial charge in [0.1, 0.15) is 0 Å². The molecule has 0 aromatic rings. The molecule has 0 radical (unpaired) electrons. The Morgan fingerprint density at radius 2 is 1.88 bits per heavy atom. The predicted molar refractivity (Wildman–Crippen MR) is 72.6 cm³/mol. The van der Waals surface area contributed by atoms with E-state index in [1.54, 1.807) is 0 Å². The number of hydrogen-bond donors (Lipinski definition) is 2. The molecule has 0 atom stereocenters. The Bertz CT molecular complexity index is 223. The maximum atomic E-state index is 9.15. The van der Waals surface area contributed by atoms with Crippen LogP contribution in [0.2, 0.25) is 0 Å². The van der Waals surface area contributed by atoms with Crippen molar-refractivity contribution in [2.24, 2.45) is 11.3 Å². The second kappa shape index (κ2) is 6.41. The van der Waals surface area contributed by atoms with Gasteiger partial charge in [-0.2, -0.15) is 12.6 Å². The van der Waals surface area contributed by atoms with Gasteiger partial charge in [0.2, 0.25) is 0 Å². The van der Waals surface area contributed by atoms with E-state index in [4.69, 9.17) is 9.84 Å². The van der Waals surface area contributed by atoms with Crippen LogP contribution in [0, 0.1) is 11.3 Å². The van der Waals surface area contributed by atoms with E-state index in [2.05, 4.69) is 17.5 Å². The van der Waals surface area contributed by atoms with Crippen LogP contribution in [0.1, 0.15) is 25.7 Å². The van der Waals surface area contributed by atoms with Gasteiger partial charge in [-0.25, -0.2) is 0 Å². The van der Waals surface area contributed by atoms with Gasteiger partial charge in [-0.1, -0.05) is 0 Å². The van der Waals surface area contributed by atoms with Crippen LogP contribution in [0.25, 0.3) is 0 Å². The third-order valence-corrected chi connectivity index (χ3v) is 5.08. The number of ether oxygens (including phenoxy) is 1. The van der Waals surface area contributed by atoms with Crippen molar-refractivity contribution in [2.45, 2.75) is 25.7 Å². The third-order valence-electron chi connectivity index (χ3n) is 4.41. The first-order chi connectivity index (χ1) is 8.28. The van der Waals surface area contributed by atoms with E-state index in [0.717, 1.165) is 64.3 Å². The van der Waals surface area contributed by atoms with E-state index in [1.807, 2.05) is 0 Å². The standard InChI is InChI=1S/C13H25NO2S/c15-9-12-1-5-14(6-2-12)10-13(11-17)3-7-16-8-4-13/h12,15,17H,1-11H2. The van der Waals surface area contributed by atoms with Crippen molar-refractivity contribution >= 4 is 12.6 Å². The number of aliphatic hydroxyl groups excluding tert-OH is 1. The molecule has 0 aromatic carbocycles. The summed E-state index contributed by atoms with van der Waals surface area (Å²) in [5.74, 6) is 1.50. The lowest BCUT2D eigenvalue weighted by atomic mass is 9.81. The van der Waals surface area contributed by atoms with Crippen molar-refractivity contribution in [1.82, 2.24) is 4.90 Å². The summed E-state index contributed by atoms with van der Waals surface area (Å²) in [6, 6.07) is 0. The summed E-state index contributed by atoms with van der Waals surface area (Å²) in [4.78, 5) is 2.56. The Labute approximate surface area is 110 Å². The second-order valence-electron chi connectivity index (χ2n) is 5.67. The fourth-order valence-corrected chi connectivity index (χ4v) is 3.39. The number of thiol groups is 1. The normalized spacial score (nSPS) is 27.2. The molecule has 2 aliphatic rings. The number of nitrogens with zero attached hydrogens (tertiary/aromatic N) is 1. The quantitative estimate of drug-likeness (QED) is 0.749. The molecule has 0 spiro atoms. The molecule has 2 fully saturated rings. The van der Waals surface area contributed by atoms with E-state index >= 15 is 0 Å². The van der Waals surface area contributed by atoms with Gasteiger partial charge < -0.3 is 14.7 Å². The SMILES string of the molecule is OCC1CCN(CC2(CS)CCOCC2)CC1. The van der Waals surface area contributed by atoms with Crippen LogP contribution >= 0.6 is 12.6 Å². The Balaban J connectivity index is 1.82. The smallest absolute Gasteiger partial charge is 0.0472 e. The highest BCUT2D eigenvalue weighted by Gasteiger charge is 2.34. The Kier molecular flexibility index (Phi) is 5.15. The minimum absolute atomic E-state index is 0.361. The molecule has 2 heterocycles. The average Bonchev–Trinajstić information content (AvgIpc) is 2.41. The van der Waals surface area contributed by atoms with Gasteiger partial charge in [0, 0.05) is 26.4 Å². The highest BCUT2D eigenvalue weighted by Crippen LogP contribution is 2.33. The average molecular weight is 259 g/mol. The van der Waals surface area contributed by atoms with Gasteiger partial charge in [-0.15, -0.1) is 0 Å². The molecule has 2 rings (SSSR count). The molecular formula is C13H25NO2S. The summed E-state index contributed by atoms with van der Waals surface area (Å²) >= 11 is 4.56. The minimum Gasteiger partial charge on any atom is -0.396 e. The van der Waals surface area contributed by atoms with Crippen molar-refractivity contribution < 1.29 is 9.84 Å². The van der Waals surface area contributed by atoms with E-state index < -0.39 is 0 Å². The fraction of sp³-hybridized carbons (Fsp3) is 1.00. The summed E-state index contributed by atoms with van der Waals surface area (Å²) in [7, 11) is 0. The largest absolute Gasteiger partial charge is 0.396 e. The zero-order valence-corrected chi connectivity index (χ0v) is 11.5. The summed E-state index contributed by atoms with van der Waals surface area (Å²) in [5.41, 5.74) is 0.368. The molecule has 4 heteroatoms. The summed E-state index contributed by atoms with van der Waals surface area (Å²) in [5, 5.41) is 9.15. The molecule has 1 N–H and O–H groups in total. The van der Waals surface area contributed by atoms with Crippen molar-refractivity contribution in [3.05, 3.63) is 0 Å². The first kappa shape index (κ1) is 13.7. The lowest BCUT2D eigenvalue weighted by Gasteiger charge is -2.42. The number of hydrogen-bond acceptors (Lipinski definition) is 4. The van der Waals surface area contributed by atoms with Gasteiger partial charge in [0.25, 0.3) is 0 Å². The minimum atomic E-state index is 0.361. The van der Waals surface area contributed by atoms with E-state index in [9.17, 15) is 0 Å². The Morgan fingerprint density at radius 1 is 1.24 bits per heavy atom. The summed E-state index contributed by atoms with van der Waals surface area (Å²) < 4.78 is 5.46. The molecule has 100 valence electrons. The molecule has 0 bridgehead atoms. The van der Waals surface area contributed by atoms with Crippen LogP contribution < -0.4 is 0 Å². The van der Waals surface area contributed by atoms with E-state index in [-0.39, 0.29) is 0 Å². The Hall–Kier alpha value is 0.230. The summed E-state index contributed by atoms with van der Waals surface area (Å²) in [6.07, 6.45) is 4.60. The topological polar surface area (TPSA) is 32.7 Å². The molecule has 0 unspecified atom stereocenters. The summed E-state index contributed by atoms with van der Waals surface area (Å²) in [6.45, 7) is 5.60. The van der Waals surface area contributed by atoms with Gasteiger partial charge in [-0.3, -0.25) is 0 Å². The van der Waals surface area contributed by atoms with Crippen LogP contribution in [0.3, 0.4) is 0 Å². The van der Waals surface area contributed by atoms with E-state index in [0.29, 0.717) is 17.9 Å². The molecule has 0 aromatic heterocycles. The molecule has 0 amide bonds. The van der Waals surface area contributed by atoms with Crippen LogP contribution in [0.4, 0.5) is 0 Å². The lowest BCUT2D eigenvalue weighted by Crippen LogP contribution is -2.46. The van der Waals surface area contributed by atoms with Gasteiger partial charge >= 0.3 is 0 Å². The Morgan fingerprint density at radius 3 is 2.41 bits per heavy atom. The molecule has 0 aliphatic carbocycles. The molecule has 2 aliphatic heterocycles. The van der Waals surface area contributed by atoms with Crippen molar-refractivity contribution in [1.29, 1.82) is 0 Å². The second-order valence-corrected chi connectivity index (χ2v) is 5.99. The molecular weight excluding hydrogens is 234 g/mol. The number of aliphatic hydroxyl groups is 1. The van der Waals surface area contributed by atoms with E-state index in [1.165, 1.54) is 0 Å². The van der Waals surface area contributed by atoms with Gasteiger partial charge in [-0.05, 0) is 55.9 Å². The number of likely N-dealkylation sites (tertiary alicyclic amines) is 1. The molecule has 0 saturated carbocycles. The third kappa shape index (κ3) is 3.60. The molecule has 2 saturated heterocycles. The monoisotopic (exact) mass is 259 g/mol. The maximum Gasteiger partial charge on any atom is 0.0472 e. The maximum absolute atomic E-state index is 9.15. The van der Waals surface area contributed by atoms with Gasteiger partial charge in [0.05, 0.1) is 0 Å². The predicted octanol–water partition coefficient (Wildman–Crippen LogP) is 1.42. The van der Waals surface area contributed by atoms with Gasteiger partial charge in [0.15, 0.2) is 0 Å². The highest BCUT2D eigenvalue weighted by molar-refractivity contribution is 7.80. The zero-order chi connectivity index (χ0) is 12.1. The molecule has 3 nitrogen and oxygen atoms in total. The zero-order valence-electron chi connectivity index (χ0n) is 10.6. The number of rotatable bonds is 4.